The van der Waals surface area contributed by atoms with Crippen LogP contribution in [0.1, 0.15) is 16.1 Å². The first-order valence-corrected chi connectivity index (χ1v) is 9.84. The number of hydrogen-bond donors (Lipinski definition) is 1. The summed E-state index contributed by atoms with van der Waals surface area (Å²) in [6.45, 7) is 4.30. The first-order chi connectivity index (χ1) is 14.6. The molecule has 1 aliphatic rings. The topological polar surface area (TPSA) is 90.6 Å². The number of hydrogen-bond acceptors (Lipinski definition) is 7. The summed E-state index contributed by atoms with van der Waals surface area (Å²) in [6.07, 6.45) is 1.90. The maximum absolute atomic E-state index is 11.8. The minimum absolute atomic E-state index is 0.275. The van der Waals surface area contributed by atoms with Gasteiger partial charge in [-0.3, -0.25) is 9.88 Å². The van der Waals surface area contributed by atoms with Crippen molar-refractivity contribution >= 4 is 11.8 Å². The Balaban J connectivity index is 1.49. The Morgan fingerprint density at radius 3 is 2.43 bits per heavy atom. The molecule has 4 rings (SSSR count). The molecule has 7 heteroatoms. The quantitative estimate of drug-likeness (QED) is 0.654. The van der Waals surface area contributed by atoms with Gasteiger partial charge >= 0.3 is 5.97 Å². The summed E-state index contributed by atoms with van der Waals surface area (Å²) in [5, 5.41) is 0. The number of nitrogens with zero attached hydrogens (tertiary/aromatic N) is 3. The fourth-order valence-electron chi connectivity index (χ4n) is 3.45. The summed E-state index contributed by atoms with van der Waals surface area (Å²) in [6, 6.07) is 15.3. The number of benzene rings is 1. The van der Waals surface area contributed by atoms with E-state index < -0.39 is 5.97 Å². The van der Waals surface area contributed by atoms with E-state index in [4.69, 9.17) is 15.2 Å². The van der Waals surface area contributed by atoms with Crippen molar-refractivity contribution in [2.45, 2.75) is 6.54 Å². The molecule has 1 aromatic carbocycles. The van der Waals surface area contributed by atoms with Crippen molar-refractivity contribution in [1.29, 1.82) is 0 Å². The predicted octanol–water partition coefficient (Wildman–Crippen LogP) is 3.01. The zero-order chi connectivity index (χ0) is 20.9. The maximum Gasteiger partial charge on any atom is 0.338 e. The third kappa shape index (κ3) is 4.64. The van der Waals surface area contributed by atoms with Gasteiger partial charge in [-0.15, -0.1) is 0 Å². The number of anilines is 1. The van der Waals surface area contributed by atoms with E-state index in [0.29, 0.717) is 11.3 Å². The van der Waals surface area contributed by atoms with Gasteiger partial charge < -0.3 is 15.2 Å². The number of carbonyl (C=O) groups excluding carboxylic acids is 1. The van der Waals surface area contributed by atoms with Crippen LogP contribution in [0.2, 0.25) is 0 Å². The summed E-state index contributed by atoms with van der Waals surface area (Å²) >= 11 is 0. The van der Waals surface area contributed by atoms with E-state index in [1.807, 2.05) is 30.5 Å². The van der Waals surface area contributed by atoms with Crippen molar-refractivity contribution in [2.75, 3.05) is 39.1 Å². The molecule has 1 aliphatic heterocycles. The van der Waals surface area contributed by atoms with Crippen molar-refractivity contribution in [3.8, 4) is 22.4 Å². The largest absolute Gasteiger partial charge is 0.465 e. The monoisotopic (exact) mass is 404 g/mol. The Hall–Kier alpha value is -3.29. The van der Waals surface area contributed by atoms with Crippen LogP contribution < -0.4 is 5.73 Å². The molecule has 1 saturated heterocycles. The van der Waals surface area contributed by atoms with E-state index >= 15 is 0 Å². The number of rotatable bonds is 5. The molecule has 0 atom stereocenters. The minimum atomic E-state index is -0.440. The number of morpholine rings is 1. The zero-order valence-electron chi connectivity index (χ0n) is 16.9. The number of carbonyl (C=O) groups is 1. The van der Waals surface area contributed by atoms with Gasteiger partial charge in [-0.2, -0.15) is 0 Å². The van der Waals surface area contributed by atoms with Crippen LogP contribution in [0.5, 0.6) is 0 Å². The molecule has 0 radical (unpaired) electrons. The van der Waals surface area contributed by atoms with Gasteiger partial charge in [0.2, 0.25) is 0 Å². The molecule has 0 spiro atoms. The molecule has 0 amide bonds. The van der Waals surface area contributed by atoms with Gasteiger partial charge in [0.05, 0.1) is 37.3 Å². The van der Waals surface area contributed by atoms with E-state index in [1.165, 1.54) is 13.2 Å². The molecule has 2 aromatic heterocycles. The summed E-state index contributed by atoms with van der Waals surface area (Å²) in [4.78, 5) is 23.1. The minimum Gasteiger partial charge on any atom is -0.465 e. The highest BCUT2D eigenvalue weighted by atomic mass is 16.5. The fourth-order valence-corrected chi connectivity index (χ4v) is 3.45. The lowest BCUT2D eigenvalue weighted by atomic mass is 10.0. The van der Waals surface area contributed by atoms with E-state index in [0.717, 1.165) is 55.2 Å². The summed E-state index contributed by atoms with van der Waals surface area (Å²) < 4.78 is 10.2. The normalized spacial score (nSPS) is 14.4. The van der Waals surface area contributed by atoms with Crippen LogP contribution in [0.25, 0.3) is 22.4 Å². The third-order valence-corrected chi connectivity index (χ3v) is 5.09. The molecule has 1 fully saturated rings. The molecule has 0 aliphatic carbocycles. The van der Waals surface area contributed by atoms with Crippen molar-refractivity contribution in [3.63, 3.8) is 0 Å². The number of pyridine rings is 2. The molecule has 0 unspecified atom stereocenters. The van der Waals surface area contributed by atoms with Crippen LogP contribution in [-0.4, -0.2) is 54.3 Å². The SMILES string of the molecule is COC(=O)c1cc(N)nc(-c2ccc(-c3ccc(CN4CCOCC4)nc3)cc2)c1. The number of ether oxygens (including phenoxy) is 2. The lowest BCUT2D eigenvalue weighted by molar-refractivity contribution is 0.0336. The van der Waals surface area contributed by atoms with Crippen LogP contribution in [-0.2, 0) is 16.0 Å². The van der Waals surface area contributed by atoms with Crippen molar-refractivity contribution in [1.82, 2.24) is 14.9 Å². The van der Waals surface area contributed by atoms with Crippen molar-refractivity contribution in [3.05, 3.63) is 66.0 Å². The molecule has 30 heavy (non-hydrogen) atoms. The Morgan fingerprint density at radius 2 is 1.77 bits per heavy atom. The summed E-state index contributed by atoms with van der Waals surface area (Å²) in [7, 11) is 1.34. The van der Waals surface area contributed by atoms with Crippen LogP contribution in [0.15, 0.2) is 54.7 Å². The number of aromatic nitrogens is 2. The summed E-state index contributed by atoms with van der Waals surface area (Å²) in [5.41, 5.74) is 10.9. The number of esters is 1. The van der Waals surface area contributed by atoms with Gasteiger partial charge in [0.15, 0.2) is 0 Å². The number of nitrogens with two attached hydrogens (primary N) is 1. The van der Waals surface area contributed by atoms with Gasteiger partial charge in [-0.05, 0) is 23.8 Å². The van der Waals surface area contributed by atoms with E-state index in [2.05, 4.69) is 27.0 Å². The van der Waals surface area contributed by atoms with Crippen LogP contribution in [0.4, 0.5) is 5.82 Å². The standard InChI is InChI=1S/C23H24N4O3/c1-29-23(28)19-12-21(26-22(24)13-19)17-4-2-16(3-5-17)18-6-7-20(25-14-18)15-27-8-10-30-11-9-27/h2-7,12-14H,8-11,15H2,1H3,(H2,24,26). The highest BCUT2D eigenvalue weighted by molar-refractivity contribution is 5.91. The molecule has 154 valence electrons. The first kappa shape index (κ1) is 20.0. The van der Waals surface area contributed by atoms with Crippen LogP contribution in [0.3, 0.4) is 0 Å². The first-order valence-electron chi connectivity index (χ1n) is 9.84. The highest BCUT2D eigenvalue weighted by Gasteiger charge is 2.12. The van der Waals surface area contributed by atoms with Crippen molar-refractivity contribution < 1.29 is 14.3 Å². The summed E-state index contributed by atoms with van der Waals surface area (Å²) in [5.74, 6) is -0.165. The average Bonchev–Trinajstić information content (AvgIpc) is 2.79. The van der Waals surface area contributed by atoms with Gasteiger partial charge in [-0.25, -0.2) is 9.78 Å². The fraction of sp³-hybridized carbons (Fsp3) is 0.261. The maximum atomic E-state index is 11.8. The van der Waals surface area contributed by atoms with Gasteiger partial charge in [0.25, 0.3) is 0 Å². The lowest BCUT2D eigenvalue weighted by Crippen LogP contribution is -2.35. The molecule has 0 bridgehead atoms. The predicted molar refractivity (Wildman–Crippen MR) is 115 cm³/mol. The van der Waals surface area contributed by atoms with Gasteiger partial charge in [0, 0.05) is 37.0 Å². The number of methoxy groups -OCH3 is 1. The molecular weight excluding hydrogens is 380 g/mol. The van der Waals surface area contributed by atoms with E-state index in [9.17, 15) is 4.79 Å². The Bertz CT molecular complexity index is 1010. The van der Waals surface area contributed by atoms with Crippen molar-refractivity contribution in [2.24, 2.45) is 0 Å². The molecule has 7 nitrogen and oxygen atoms in total. The van der Waals surface area contributed by atoms with Crippen LogP contribution >= 0.6 is 0 Å². The Kier molecular flexibility index (Phi) is 6.02. The molecule has 0 saturated carbocycles. The van der Waals surface area contributed by atoms with E-state index in [-0.39, 0.29) is 5.82 Å². The second kappa shape index (κ2) is 9.02. The second-order valence-electron chi connectivity index (χ2n) is 7.16. The van der Waals surface area contributed by atoms with Gasteiger partial charge in [-0.1, -0.05) is 30.3 Å². The molecular formula is C23H24N4O3. The molecule has 3 heterocycles. The molecule has 2 N–H and O–H groups in total. The Labute approximate surface area is 175 Å². The second-order valence-corrected chi connectivity index (χ2v) is 7.16. The number of nitrogen functional groups attached to an aromatic ring is 1. The zero-order valence-corrected chi connectivity index (χ0v) is 16.9. The van der Waals surface area contributed by atoms with E-state index in [1.54, 1.807) is 6.07 Å². The smallest absolute Gasteiger partial charge is 0.338 e. The lowest BCUT2D eigenvalue weighted by Gasteiger charge is -2.26. The van der Waals surface area contributed by atoms with Crippen LogP contribution in [0, 0.1) is 0 Å². The average molecular weight is 404 g/mol. The molecule has 3 aromatic rings. The van der Waals surface area contributed by atoms with Gasteiger partial charge in [0.1, 0.15) is 5.82 Å². The Morgan fingerprint density at radius 1 is 1.07 bits per heavy atom. The highest BCUT2D eigenvalue weighted by Crippen LogP contribution is 2.25. The third-order valence-electron chi connectivity index (χ3n) is 5.09.